The Kier molecular flexibility index (Phi) is 3.89. The third-order valence-corrected chi connectivity index (χ3v) is 3.77. The van der Waals surface area contributed by atoms with Crippen molar-refractivity contribution in [2.24, 2.45) is 5.92 Å². The van der Waals surface area contributed by atoms with Crippen molar-refractivity contribution in [2.45, 2.75) is 25.7 Å². The molecule has 0 bridgehead atoms. The molecule has 1 N–H and O–H groups in total. The van der Waals surface area contributed by atoms with Gasteiger partial charge in [-0.25, -0.2) is 0 Å². The highest BCUT2D eigenvalue weighted by molar-refractivity contribution is 7.80. The van der Waals surface area contributed by atoms with E-state index >= 15 is 0 Å². The van der Waals surface area contributed by atoms with Gasteiger partial charge in [0.05, 0.1) is 0 Å². The van der Waals surface area contributed by atoms with Crippen LogP contribution >= 0.6 is 12.2 Å². The Hall–Kier alpha value is -1.22. The number of hydrogen-bond acceptors (Lipinski definition) is 2. The number of hydrogen-bond donors (Lipinski definition) is 1. The van der Waals surface area contributed by atoms with Crippen molar-refractivity contribution in [3.05, 3.63) is 35.4 Å². The molecule has 0 aliphatic heterocycles. The molecule has 1 unspecified atom stereocenters. The molecule has 90 valence electrons. The minimum absolute atomic E-state index is 0.406. The predicted molar refractivity (Wildman–Crippen MR) is 73.3 cm³/mol. The number of rotatable bonds is 3. The molecule has 17 heavy (non-hydrogen) atoms. The van der Waals surface area contributed by atoms with Crippen LogP contribution in [0.25, 0.3) is 0 Å². The molecule has 1 aliphatic carbocycles. The van der Waals surface area contributed by atoms with E-state index in [1.165, 1.54) is 5.56 Å². The molecule has 0 heterocycles. The van der Waals surface area contributed by atoms with Gasteiger partial charge in [0.1, 0.15) is 10.8 Å². The van der Waals surface area contributed by atoms with Gasteiger partial charge in [0.2, 0.25) is 0 Å². The highest BCUT2D eigenvalue weighted by Crippen LogP contribution is 2.26. The molecule has 0 aromatic heterocycles. The minimum Gasteiger partial charge on any atom is -0.379 e. The third-order valence-electron chi connectivity index (χ3n) is 3.35. The summed E-state index contributed by atoms with van der Waals surface area (Å²) in [6.07, 6.45) is 3.48. The highest BCUT2D eigenvalue weighted by atomic mass is 32.1. The van der Waals surface area contributed by atoms with Gasteiger partial charge in [-0.15, -0.1) is 0 Å². The van der Waals surface area contributed by atoms with Crippen LogP contribution in [0.2, 0.25) is 0 Å². The van der Waals surface area contributed by atoms with Crippen LogP contribution in [0.1, 0.15) is 30.4 Å². The van der Waals surface area contributed by atoms with Crippen LogP contribution in [0, 0.1) is 5.92 Å². The molecule has 1 atom stereocenters. The molecule has 1 saturated carbocycles. The van der Waals surface area contributed by atoms with Gasteiger partial charge in [-0.3, -0.25) is 4.79 Å². The van der Waals surface area contributed by atoms with E-state index < -0.39 is 0 Å². The van der Waals surface area contributed by atoms with Crippen molar-refractivity contribution in [1.29, 1.82) is 0 Å². The number of benzene rings is 1. The van der Waals surface area contributed by atoms with E-state index in [1.807, 2.05) is 25.2 Å². The van der Waals surface area contributed by atoms with Gasteiger partial charge in [0.25, 0.3) is 0 Å². The molecule has 0 radical (unpaired) electrons. The summed E-state index contributed by atoms with van der Waals surface area (Å²) < 4.78 is 0. The zero-order chi connectivity index (χ0) is 12.3. The second kappa shape index (κ2) is 5.41. The van der Waals surface area contributed by atoms with E-state index in [0.29, 0.717) is 11.7 Å². The molecule has 2 nitrogen and oxygen atoms in total. The zero-order valence-corrected chi connectivity index (χ0v) is 10.8. The maximum absolute atomic E-state index is 11.3. The molecule has 1 aromatic carbocycles. The minimum atomic E-state index is 0.406. The molecule has 0 amide bonds. The van der Waals surface area contributed by atoms with Crippen molar-refractivity contribution in [3.63, 3.8) is 0 Å². The monoisotopic (exact) mass is 247 g/mol. The smallest absolute Gasteiger partial charge is 0.133 e. The molecular weight excluding hydrogens is 230 g/mol. The molecule has 0 spiro atoms. The molecule has 2 rings (SSSR count). The summed E-state index contributed by atoms with van der Waals surface area (Å²) in [6.45, 7) is 0. The van der Waals surface area contributed by atoms with Crippen molar-refractivity contribution in [3.8, 4) is 0 Å². The van der Waals surface area contributed by atoms with Gasteiger partial charge in [-0.1, -0.05) is 36.5 Å². The lowest BCUT2D eigenvalue weighted by molar-refractivity contribution is -0.117. The Morgan fingerprint density at radius 3 is 2.88 bits per heavy atom. The number of Topliss-reactive ketones (excluding diaryl/α,β-unsaturated/α-hetero) is 1. The van der Waals surface area contributed by atoms with Crippen LogP contribution < -0.4 is 5.32 Å². The van der Waals surface area contributed by atoms with Crippen LogP contribution in [0.5, 0.6) is 0 Å². The Bertz CT molecular complexity index is 442. The fourth-order valence-corrected chi connectivity index (χ4v) is 2.63. The summed E-state index contributed by atoms with van der Waals surface area (Å²) in [5.41, 5.74) is 2.36. The first kappa shape index (κ1) is 12.2. The maximum atomic E-state index is 11.3. The molecule has 3 heteroatoms. The Labute approximate surface area is 107 Å². The molecule has 1 fully saturated rings. The van der Waals surface area contributed by atoms with Gasteiger partial charge in [-0.05, 0) is 24.3 Å². The lowest BCUT2D eigenvalue weighted by Crippen LogP contribution is -2.19. The largest absolute Gasteiger partial charge is 0.379 e. The van der Waals surface area contributed by atoms with Crippen molar-refractivity contribution in [1.82, 2.24) is 5.32 Å². The van der Waals surface area contributed by atoms with Crippen molar-refractivity contribution >= 4 is 23.0 Å². The van der Waals surface area contributed by atoms with Crippen LogP contribution in [-0.2, 0) is 11.2 Å². The van der Waals surface area contributed by atoms with E-state index in [9.17, 15) is 4.79 Å². The topological polar surface area (TPSA) is 29.1 Å². The van der Waals surface area contributed by atoms with Crippen LogP contribution in [0.4, 0.5) is 0 Å². The first-order chi connectivity index (χ1) is 8.20. The summed E-state index contributed by atoms with van der Waals surface area (Å²) in [4.78, 5) is 12.1. The van der Waals surface area contributed by atoms with Gasteiger partial charge >= 0.3 is 0 Å². The van der Waals surface area contributed by atoms with Crippen LogP contribution in [0.3, 0.4) is 0 Å². The standard InChI is InChI=1S/C14H17NOS/c1-15-14(17)13-5-3-2-4-11(13)8-10-6-7-12(16)9-10/h2-5,10H,6-9H2,1H3,(H,15,17). The fraction of sp³-hybridized carbons (Fsp3) is 0.429. The third kappa shape index (κ3) is 2.91. The van der Waals surface area contributed by atoms with Gasteiger partial charge in [0, 0.05) is 25.5 Å². The van der Waals surface area contributed by atoms with Gasteiger partial charge in [-0.2, -0.15) is 0 Å². The van der Waals surface area contributed by atoms with Crippen LogP contribution in [0.15, 0.2) is 24.3 Å². The second-order valence-corrected chi connectivity index (χ2v) is 5.00. The van der Waals surface area contributed by atoms with E-state index in [4.69, 9.17) is 12.2 Å². The predicted octanol–water partition coefficient (Wildman–Crippen LogP) is 2.49. The Morgan fingerprint density at radius 2 is 2.24 bits per heavy atom. The average Bonchev–Trinajstić information content (AvgIpc) is 2.74. The number of thiocarbonyl (C=S) groups is 1. The molecule has 1 aliphatic rings. The van der Waals surface area contributed by atoms with Gasteiger partial charge in [0.15, 0.2) is 0 Å². The SMILES string of the molecule is CNC(=S)c1ccccc1CC1CCC(=O)C1. The summed E-state index contributed by atoms with van der Waals surface area (Å²) in [6, 6.07) is 8.20. The molecular formula is C14H17NOS. The maximum Gasteiger partial charge on any atom is 0.133 e. The first-order valence-corrected chi connectivity index (χ1v) is 6.43. The zero-order valence-electron chi connectivity index (χ0n) is 10.0. The lowest BCUT2D eigenvalue weighted by Gasteiger charge is -2.13. The highest BCUT2D eigenvalue weighted by Gasteiger charge is 2.23. The molecule has 1 aromatic rings. The van der Waals surface area contributed by atoms with E-state index in [0.717, 1.165) is 36.2 Å². The first-order valence-electron chi connectivity index (χ1n) is 6.02. The average molecular weight is 247 g/mol. The number of nitrogens with one attached hydrogen (secondary N) is 1. The normalized spacial score (nSPS) is 19.4. The van der Waals surface area contributed by atoms with E-state index in [1.54, 1.807) is 0 Å². The fourth-order valence-electron chi connectivity index (χ4n) is 2.43. The van der Waals surface area contributed by atoms with Crippen LogP contribution in [-0.4, -0.2) is 17.8 Å². The summed E-state index contributed by atoms with van der Waals surface area (Å²) in [5.74, 6) is 0.909. The number of carbonyl (C=O) groups is 1. The van der Waals surface area contributed by atoms with Gasteiger partial charge < -0.3 is 5.32 Å². The van der Waals surface area contributed by atoms with E-state index in [-0.39, 0.29) is 0 Å². The number of ketones is 1. The quantitative estimate of drug-likeness (QED) is 0.832. The van der Waals surface area contributed by atoms with Crippen molar-refractivity contribution in [2.75, 3.05) is 7.05 Å². The summed E-state index contributed by atoms with van der Waals surface area (Å²) in [7, 11) is 1.85. The number of carbonyl (C=O) groups excluding carboxylic acids is 1. The Morgan fingerprint density at radius 1 is 1.47 bits per heavy atom. The molecule has 0 saturated heterocycles. The summed E-state index contributed by atoms with van der Waals surface area (Å²) >= 11 is 5.30. The Balaban J connectivity index is 2.15. The van der Waals surface area contributed by atoms with E-state index in [2.05, 4.69) is 11.4 Å². The second-order valence-electron chi connectivity index (χ2n) is 4.59. The van der Waals surface area contributed by atoms with Crippen molar-refractivity contribution < 1.29 is 4.79 Å². The summed E-state index contributed by atoms with van der Waals surface area (Å²) in [5, 5.41) is 3.02. The lowest BCUT2D eigenvalue weighted by atomic mass is 9.94.